The summed E-state index contributed by atoms with van der Waals surface area (Å²) in [6, 6.07) is 5.65. The molecule has 0 aliphatic heterocycles. The van der Waals surface area contributed by atoms with Gasteiger partial charge in [0.15, 0.2) is 5.13 Å². The van der Waals surface area contributed by atoms with Crippen LogP contribution in [-0.4, -0.2) is 52.1 Å². The van der Waals surface area contributed by atoms with Crippen LogP contribution in [0.5, 0.6) is 0 Å². The van der Waals surface area contributed by atoms with Crippen LogP contribution in [0.3, 0.4) is 0 Å². The summed E-state index contributed by atoms with van der Waals surface area (Å²) in [5.41, 5.74) is 7.34. The second-order valence-corrected chi connectivity index (χ2v) is 8.09. The number of benzene rings is 1. The number of carbonyl (C=O) groups is 3. The van der Waals surface area contributed by atoms with Crippen molar-refractivity contribution >= 4 is 34.3 Å². The molecule has 2 aromatic heterocycles. The first-order valence-corrected chi connectivity index (χ1v) is 11.0. The van der Waals surface area contributed by atoms with Crippen molar-refractivity contribution in [1.29, 1.82) is 0 Å². The molecule has 0 unspecified atom stereocenters. The Hall–Kier alpha value is -3.64. The molecule has 0 aliphatic rings. The first-order chi connectivity index (χ1) is 15.8. The summed E-state index contributed by atoms with van der Waals surface area (Å²) >= 11 is 1.01. The number of aryl methyl sites for hydroxylation is 2. The van der Waals surface area contributed by atoms with Crippen molar-refractivity contribution in [2.75, 3.05) is 18.5 Å². The maximum Gasteiger partial charge on any atom is 0.350 e. The van der Waals surface area contributed by atoms with Crippen LogP contribution in [0.15, 0.2) is 28.8 Å². The first-order valence-electron chi connectivity index (χ1n) is 10.2. The summed E-state index contributed by atoms with van der Waals surface area (Å²) in [4.78, 5) is 45.6. The minimum absolute atomic E-state index is 0.105. The van der Waals surface area contributed by atoms with Crippen molar-refractivity contribution in [2.24, 2.45) is 5.73 Å². The zero-order valence-electron chi connectivity index (χ0n) is 18.4. The summed E-state index contributed by atoms with van der Waals surface area (Å²) in [6.45, 7) is 5.42. The van der Waals surface area contributed by atoms with Crippen molar-refractivity contribution in [3.05, 3.63) is 46.3 Å². The Labute approximate surface area is 193 Å². The van der Waals surface area contributed by atoms with Crippen LogP contribution in [0.4, 0.5) is 5.13 Å². The Kier molecular flexibility index (Phi) is 7.85. The van der Waals surface area contributed by atoms with Crippen molar-refractivity contribution < 1.29 is 23.6 Å². The molecular weight excluding hydrogens is 448 g/mol. The first kappa shape index (κ1) is 24.0. The lowest BCUT2D eigenvalue weighted by atomic mass is 10.1. The van der Waals surface area contributed by atoms with E-state index in [1.165, 1.54) is 0 Å². The van der Waals surface area contributed by atoms with Gasteiger partial charge in [-0.3, -0.25) is 9.59 Å². The van der Waals surface area contributed by atoms with Crippen molar-refractivity contribution in [3.8, 4) is 11.4 Å². The third-order valence-electron chi connectivity index (χ3n) is 4.38. The Balaban J connectivity index is 1.55. The number of aromatic nitrogens is 3. The van der Waals surface area contributed by atoms with E-state index in [-0.39, 0.29) is 11.7 Å². The number of esters is 1. The third kappa shape index (κ3) is 6.20. The molecular formula is C21H24N6O5S. The summed E-state index contributed by atoms with van der Waals surface area (Å²) < 4.78 is 10.1. The summed E-state index contributed by atoms with van der Waals surface area (Å²) in [5, 5.41) is 9.25. The van der Waals surface area contributed by atoms with E-state index in [0.29, 0.717) is 46.4 Å². The highest BCUT2D eigenvalue weighted by atomic mass is 32.1. The van der Waals surface area contributed by atoms with E-state index in [2.05, 4.69) is 25.8 Å². The average molecular weight is 473 g/mol. The number of ether oxygens (including phenoxy) is 1. The number of carbonyl (C=O) groups excluding carboxylic acids is 3. The number of nitrogens with zero attached hydrogens (tertiary/aromatic N) is 3. The number of rotatable bonds is 9. The van der Waals surface area contributed by atoms with Gasteiger partial charge in [-0.2, -0.15) is 4.98 Å². The zero-order chi connectivity index (χ0) is 24.0. The molecule has 4 N–H and O–H groups in total. The minimum Gasteiger partial charge on any atom is -0.461 e. The topological polar surface area (TPSA) is 162 Å². The number of hydrogen-bond donors (Lipinski definition) is 3. The largest absolute Gasteiger partial charge is 0.461 e. The normalized spacial score (nSPS) is 11.6. The van der Waals surface area contributed by atoms with Crippen molar-refractivity contribution in [1.82, 2.24) is 20.4 Å². The molecule has 174 valence electrons. The Morgan fingerprint density at radius 2 is 2.03 bits per heavy atom. The highest BCUT2D eigenvalue weighted by Gasteiger charge is 2.21. The van der Waals surface area contributed by atoms with Gasteiger partial charge in [-0.15, -0.1) is 0 Å². The van der Waals surface area contributed by atoms with Gasteiger partial charge in [-0.05, 0) is 25.5 Å². The molecule has 12 heteroatoms. The molecule has 0 saturated heterocycles. The van der Waals surface area contributed by atoms with Crippen LogP contribution < -0.4 is 16.4 Å². The predicted molar refractivity (Wildman–Crippen MR) is 121 cm³/mol. The lowest BCUT2D eigenvalue weighted by Gasteiger charge is -2.12. The van der Waals surface area contributed by atoms with Gasteiger partial charge in [0.1, 0.15) is 10.9 Å². The number of anilines is 1. The van der Waals surface area contributed by atoms with Crippen LogP contribution in [0.1, 0.15) is 45.0 Å². The van der Waals surface area contributed by atoms with E-state index in [0.717, 1.165) is 11.3 Å². The maximum absolute atomic E-state index is 12.5. The highest BCUT2D eigenvalue weighted by molar-refractivity contribution is 7.17. The monoisotopic (exact) mass is 472 g/mol. The molecule has 0 fully saturated rings. The van der Waals surface area contributed by atoms with Crippen LogP contribution >= 0.6 is 11.3 Å². The van der Waals surface area contributed by atoms with Gasteiger partial charge < -0.3 is 25.6 Å². The van der Waals surface area contributed by atoms with E-state index in [9.17, 15) is 14.4 Å². The number of nitrogens with one attached hydrogen (secondary N) is 2. The van der Waals surface area contributed by atoms with E-state index < -0.39 is 23.8 Å². The Morgan fingerprint density at radius 1 is 1.24 bits per heavy atom. The summed E-state index contributed by atoms with van der Waals surface area (Å²) in [7, 11) is 0. The molecule has 2 amide bonds. The van der Waals surface area contributed by atoms with E-state index in [1.54, 1.807) is 38.1 Å². The summed E-state index contributed by atoms with van der Waals surface area (Å²) in [6.07, 6.45) is 0.703. The predicted octanol–water partition coefficient (Wildman–Crippen LogP) is 2.07. The standard InChI is InChI=1S/C21H24N6O5S/c1-4-8-31-20(30)16-11(2)24-21(33-16)26-19(29)15(22)10-23-18(28)14-7-5-6-13(9-14)17-25-12(3)32-27-17/h5-7,9,15H,4,8,10,22H2,1-3H3,(H,23,28)(H,24,26,29)/t15-/m1/s1. The second-order valence-electron chi connectivity index (χ2n) is 7.09. The van der Waals surface area contributed by atoms with E-state index in [1.807, 2.05) is 6.92 Å². The van der Waals surface area contributed by atoms with Gasteiger partial charge in [-0.25, -0.2) is 9.78 Å². The molecule has 1 atom stereocenters. The third-order valence-corrected chi connectivity index (χ3v) is 5.43. The number of nitrogens with two attached hydrogens (primary N) is 1. The van der Waals surface area contributed by atoms with Gasteiger partial charge in [-0.1, -0.05) is 35.5 Å². The van der Waals surface area contributed by atoms with Gasteiger partial charge in [0.25, 0.3) is 5.91 Å². The van der Waals surface area contributed by atoms with E-state index >= 15 is 0 Å². The molecule has 0 spiro atoms. The van der Waals surface area contributed by atoms with E-state index in [4.69, 9.17) is 15.0 Å². The van der Waals surface area contributed by atoms with Crippen LogP contribution in [0.2, 0.25) is 0 Å². The Bertz CT molecular complexity index is 1160. The summed E-state index contributed by atoms with van der Waals surface area (Å²) in [5.74, 6) is -0.658. The van der Waals surface area contributed by atoms with Gasteiger partial charge >= 0.3 is 5.97 Å². The molecule has 33 heavy (non-hydrogen) atoms. The highest BCUT2D eigenvalue weighted by Crippen LogP contribution is 2.23. The average Bonchev–Trinajstić information content (AvgIpc) is 3.40. The fourth-order valence-electron chi connectivity index (χ4n) is 2.71. The van der Waals surface area contributed by atoms with Gasteiger partial charge in [0.05, 0.1) is 12.3 Å². The fourth-order valence-corrected chi connectivity index (χ4v) is 3.57. The molecule has 0 aliphatic carbocycles. The number of thiazole rings is 1. The van der Waals surface area contributed by atoms with Crippen molar-refractivity contribution in [2.45, 2.75) is 33.2 Å². The lowest BCUT2D eigenvalue weighted by Crippen LogP contribution is -2.45. The molecule has 1 aromatic carbocycles. The molecule has 2 heterocycles. The fraction of sp³-hybridized carbons (Fsp3) is 0.333. The van der Waals surface area contributed by atoms with Crippen molar-refractivity contribution in [3.63, 3.8) is 0 Å². The van der Waals surface area contributed by atoms with Gasteiger partial charge in [0, 0.05) is 24.6 Å². The zero-order valence-corrected chi connectivity index (χ0v) is 19.2. The molecule has 3 rings (SSSR count). The minimum atomic E-state index is -1.03. The molecule has 11 nitrogen and oxygen atoms in total. The quantitative estimate of drug-likeness (QED) is 0.396. The molecule has 3 aromatic rings. The van der Waals surface area contributed by atoms with Crippen LogP contribution in [-0.2, 0) is 9.53 Å². The molecule has 0 radical (unpaired) electrons. The maximum atomic E-state index is 12.5. The number of hydrogen-bond acceptors (Lipinski definition) is 10. The van der Waals surface area contributed by atoms with Gasteiger partial charge in [0.2, 0.25) is 17.6 Å². The molecule has 0 bridgehead atoms. The number of amides is 2. The SMILES string of the molecule is CCCOC(=O)c1sc(NC(=O)[C@H](N)CNC(=O)c2cccc(-c3noc(C)n3)c2)nc1C. The lowest BCUT2D eigenvalue weighted by molar-refractivity contribution is -0.117. The van der Waals surface area contributed by atoms with Crippen LogP contribution in [0.25, 0.3) is 11.4 Å². The van der Waals surface area contributed by atoms with Crippen LogP contribution in [0, 0.1) is 13.8 Å². The smallest absolute Gasteiger partial charge is 0.350 e. The Morgan fingerprint density at radius 3 is 2.73 bits per heavy atom. The second kappa shape index (κ2) is 10.8. The molecule has 0 saturated carbocycles.